The van der Waals surface area contributed by atoms with Crippen LogP contribution >= 0.6 is 0 Å². The van der Waals surface area contributed by atoms with Gasteiger partial charge in [0.25, 0.3) is 0 Å². The molecule has 0 aliphatic carbocycles. The van der Waals surface area contributed by atoms with Gasteiger partial charge in [-0.2, -0.15) is 0 Å². The van der Waals surface area contributed by atoms with Gasteiger partial charge in [-0.05, 0) is 112 Å². The Morgan fingerprint density at radius 3 is 2.50 bits per heavy atom. The van der Waals surface area contributed by atoms with Crippen LogP contribution in [0.25, 0.3) is 6.08 Å². The molecule has 4 rings (SSSR count). The largest absolute Gasteiger partial charge is 0.507 e. The van der Waals surface area contributed by atoms with Crippen LogP contribution in [-0.2, 0) is 11.2 Å². The van der Waals surface area contributed by atoms with E-state index >= 15 is 0 Å². The third-order valence-corrected chi connectivity index (χ3v) is 7.53. The Hall–Kier alpha value is -4.46. The van der Waals surface area contributed by atoms with E-state index < -0.39 is 0 Å². The number of fused-ring (bicyclic) bond motifs is 1. The Morgan fingerprint density at radius 1 is 1.10 bits per heavy atom. The zero-order chi connectivity index (χ0) is 29.0. The minimum atomic E-state index is -0.353. The van der Waals surface area contributed by atoms with E-state index in [9.17, 15) is 9.90 Å². The van der Waals surface area contributed by atoms with E-state index in [0.717, 1.165) is 64.1 Å². The number of nitrogens with zero attached hydrogens (tertiary/aromatic N) is 1. The standard InChI is InChI=1S/C32H38N4O4/c1-19-18-25(11-12-27(19)36-28(37)13-8-23-6-9-24(10-7-23)35-31(33)34)39-17-16-32(5)15-14-26-22(4)29(38)20(2)21(3)30(26)40-32/h6-13,18,38H,14-17H2,1-5H3,(H,36,37)(H4,33,34,35)/b13-8+. The van der Waals surface area contributed by atoms with Gasteiger partial charge in [0.1, 0.15) is 22.8 Å². The molecular weight excluding hydrogens is 504 g/mol. The number of benzene rings is 3. The van der Waals surface area contributed by atoms with E-state index in [4.69, 9.17) is 20.9 Å². The second-order valence-corrected chi connectivity index (χ2v) is 10.6. The number of nitrogens with two attached hydrogens (primary N) is 2. The molecule has 1 aliphatic rings. The molecule has 1 aliphatic heterocycles. The number of phenolic OH excluding ortho intramolecular Hbond substituents is 1. The molecule has 40 heavy (non-hydrogen) atoms. The van der Waals surface area contributed by atoms with Crippen LogP contribution in [0.1, 0.15) is 53.1 Å². The molecule has 6 N–H and O–H groups in total. The molecule has 1 heterocycles. The Labute approximate surface area is 235 Å². The van der Waals surface area contributed by atoms with Crippen LogP contribution in [0.4, 0.5) is 11.4 Å². The average molecular weight is 543 g/mol. The molecule has 1 amide bonds. The summed E-state index contributed by atoms with van der Waals surface area (Å²) in [5.74, 6) is 1.76. The van der Waals surface area contributed by atoms with Crippen molar-refractivity contribution in [1.82, 2.24) is 0 Å². The van der Waals surface area contributed by atoms with Crippen molar-refractivity contribution >= 4 is 29.3 Å². The predicted octanol–water partition coefficient (Wildman–Crippen LogP) is 5.74. The van der Waals surface area contributed by atoms with E-state index in [1.807, 2.05) is 58.0 Å². The lowest BCUT2D eigenvalue weighted by Crippen LogP contribution is -2.38. The van der Waals surface area contributed by atoms with Crippen LogP contribution in [0.5, 0.6) is 17.2 Å². The normalized spacial score (nSPS) is 16.2. The third-order valence-electron chi connectivity index (χ3n) is 7.53. The highest BCUT2D eigenvalue weighted by Crippen LogP contribution is 2.44. The Balaban J connectivity index is 1.31. The lowest BCUT2D eigenvalue weighted by Gasteiger charge is -2.38. The van der Waals surface area contributed by atoms with Gasteiger partial charge in [-0.1, -0.05) is 12.1 Å². The first kappa shape index (κ1) is 28.5. The minimum Gasteiger partial charge on any atom is -0.507 e. The highest BCUT2D eigenvalue weighted by Gasteiger charge is 2.34. The van der Waals surface area contributed by atoms with Crippen molar-refractivity contribution in [2.24, 2.45) is 16.5 Å². The number of nitrogens with one attached hydrogen (secondary N) is 1. The van der Waals surface area contributed by atoms with Crippen molar-refractivity contribution < 1.29 is 19.4 Å². The summed E-state index contributed by atoms with van der Waals surface area (Å²) in [5.41, 5.74) is 17.4. The van der Waals surface area contributed by atoms with Gasteiger partial charge in [-0.25, -0.2) is 4.99 Å². The molecule has 210 valence electrons. The summed E-state index contributed by atoms with van der Waals surface area (Å²) in [6, 6.07) is 12.8. The fraction of sp³-hybridized carbons (Fsp3) is 0.312. The SMILES string of the molecule is Cc1cc(OCCC2(C)CCc3c(C)c(O)c(C)c(C)c3O2)ccc1NC(=O)/C=C/c1ccc(N=C(N)N)cc1. The van der Waals surface area contributed by atoms with Gasteiger partial charge in [0.05, 0.1) is 12.3 Å². The Bertz CT molecular complexity index is 1470. The molecule has 0 saturated carbocycles. The molecule has 0 fully saturated rings. The lowest BCUT2D eigenvalue weighted by atomic mass is 9.86. The number of carbonyl (C=O) groups is 1. The molecular formula is C32H38N4O4. The van der Waals surface area contributed by atoms with E-state index in [1.165, 1.54) is 6.08 Å². The molecule has 3 aromatic carbocycles. The topological polar surface area (TPSA) is 132 Å². The number of hydrogen-bond donors (Lipinski definition) is 4. The van der Waals surface area contributed by atoms with Gasteiger partial charge in [-0.3, -0.25) is 4.79 Å². The van der Waals surface area contributed by atoms with Gasteiger partial charge >= 0.3 is 0 Å². The maximum Gasteiger partial charge on any atom is 0.248 e. The number of aliphatic imine (C=N–C) groups is 1. The van der Waals surface area contributed by atoms with Crippen molar-refractivity contribution in [2.75, 3.05) is 11.9 Å². The van der Waals surface area contributed by atoms with Crippen LogP contribution in [0, 0.1) is 27.7 Å². The highest BCUT2D eigenvalue weighted by atomic mass is 16.5. The average Bonchev–Trinajstić information content (AvgIpc) is 2.91. The van der Waals surface area contributed by atoms with E-state index in [0.29, 0.717) is 23.7 Å². The summed E-state index contributed by atoms with van der Waals surface area (Å²) in [5, 5.41) is 13.3. The zero-order valence-corrected chi connectivity index (χ0v) is 23.8. The molecule has 3 aromatic rings. The molecule has 0 spiro atoms. The van der Waals surface area contributed by atoms with Crippen LogP contribution in [0.2, 0.25) is 0 Å². The highest BCUT2D eigenvalue weighted by molar-refractivity contribution is 6.02. The molecule has 1 atom stereocenters. The third kappa shape index (κ3) is 6.57. The summed E-state index contributed by atoms with van der Waals surface area (Å²) >= 11 is 0. The van der Waals surface area contributed by atoms with Crippen LogP contribution in [0.3, 0.4) is 0 Å². The zero-order valence-electron chi connectivity index (χ0n) is 23.8. The number of carbonyl (C=O) groups excluding carboxylic acids is 1. The number of phenols is 1. The van der Waals surface area contributed by atoms with E-state index in [-0.39, 0.29) is 17.5 Å². The molecule has 8 nitrogen and oxygen atoms in total. The summed E-state index contributed by atoms with van der Waals surface area (Å²) in [6.45, 7) is 10.4. The van der Waals surface area contributed by atoms with Crippen molar-refractivity contribution in [3.63, 3.8) is 0 Å². The first-order valence-electron chi connectivity index (χ1n) is 13.4. The first-order valence-corrected chi connectivity index (χ1v) is 13.4. The van der Waals surface area contributed by atoms with Crippen molar-refractivity contribution in [3.05, 3.63) is 81.9 Å². The van der Waals surface area contributed by atoms with Crippen molar-refractivity contribution in [2.45, 2.75) is 59.5 Å². The molecule has 1 unspecified atom stereocenters. The summed E-state index contributed by atoms with van der Waals surface area (Å²) < 4.78 is 12.6. The van der Waals surface area contributed by atoms with Crippen LogP contribution in [-0.4, -0.2) is 29.2 Å². The van der Waals surface area contributed by atoms with Gasteiger partial charge < -0.3 is 31.4 Å². The van der Waals surface area contributed by atoms with E-state index in [1.54, 1.807) is 18.2 Å². The van der Waals surface area contributed by atoms with Crippen molar-refractivity contribution in [3.8, 4) is 17.2 Å². The quantitative estimate of drug-likeness (QED) is 0.163. The molecule has 0 radical (unpaired) electrons. The van der Waals surface area contributed by atoms with Crippen LogP contribution in [0.15, 0.2) is 53.5 Å². The van der Waals surface area contributed by atoms with Crippen molar-refractivity contribution in [1.29, 1.82) is 0 Å². The molecule has 0 bridgehead atoms. The predicted molar refractivity (Wildman–Crippen MR) is 161 cm³/mol. The maximum atomic E-state index is 12.5. The second-order valence-electron chi connectivity index (χ2n) is 10.6. The summed E-state index contributed by atoms with van der Waals surface area (Å²) in [7, 11) is 0. The first-order chi connectivity index (χ1) is 19.0. The lowest BCUT2D eigenvalue weighted by molar-refractivity contribution is -0.111. The number of hydrogen-bond acceptors (Lipinski definition) is 5. The molecule has 0 aromatic heterocycles. The van der Waals surface area contributed by atoms with Gasteiger partial charge in [0.2, 0.25) is 5.91 Å². The molecule has 8 heteroatoms. The van der Waals surface area contributed by atoms with Gasteiger partial charge in [0, 0.05) is 23.7 Å². The smallest absolute Gasteiger partial charge is 0.248 e. The number of amides is 1. The Kier molecular flexibility index (Phi) is 8.38. The number of ether oxygens (including phenoxy) is 2. The van der Waals surface area contributed by atoms with Gasteiger partial charge in [-0.15, -0.1) is 0 Å². The minimum absolute atomic E-state index is 0.00381. The number of anilines is 1. The monoisotopic (exact) mass is 542 g/mol. The Morgan fingerprint density at radius 2 is 1.82 bits per heavy atom. The fourth-order valence-corrected chi connectivity index (χ4v) is 4.88. The number of guanidine groups is 1. The summed E-state index contributed by atoms with van der Waals surface area (Å²) in [6.07, 6.45) is 5.64. The number of aromatic hydroxyl groups is 1. The maximum absolute atomic E-state index is 12.5. The van der Waals surface area contributed by atoms with Crippen LogP contribution < -0.4 is 26.3 Å². The number of aryl methyl sites for hydroxylation is 1. The second kappa shape index (κ2) is 11.7. The molecule has 0 saturated heterocycles. The van der Waals surface area contributed by atoms with E-state index in [2.05, 4.69) is 17.2 Å². The number of rotatable bonds is 8. The summed E-state index contributed by atoms with van der Waals surface area (Å²) in [4.78, 5) is 16.5. The fourth-order valence-electron chi connectivity index (χ4n) is 4.88. The van der Waals surface area contributed by atoms with Gasteiger partial charge in [0.15, 0.2) is 5.96 Å².